The largest absolute Gasteiger partial charge is 0.469 e. The van der Waals surface area contributed by atoms with Gasteiger partial charge in [-0.3, -0.25) is 9.59 Å². The molecule has 7 heteroatoms. The van der Waals surface area contributed by atoms with E-state index in [-0.39, 0.29) is 12.3 Å². The van der Waals surface area contributed by atoms with E-state index >= 15 is 0 Å². The van der Waals surface area contributed by atoms with Crippen LogP contribution in [0.25, 0.3) is 0 Å². The van der Waals surface area contributed by atoms with E-state index in [4.69, 9.17) is 9.47 Å². The van der Waals surface area contributed by atoms with E-state index in [2.05, 4.69) is 6.58 Å². The molecule has 4 bridgehead atoms. The van der Waals surface area contributed by atoms with Crippen molar-refractivity contribution < 1.29 is 34.4 Å². The Hall–Kier alpha value is -1.44. The molecular formula is C20H26O7. The van der Waals surface area contributed by atoms with Gasteiger partial charge < -0.3 is 24.8 Å². The van der Waals surface area contributed by atoms with Crippen LogP contribution in [0.3, 0.4) is 0 Å². The number of aliphatic hydroxyl groups is 3. The minimum Gasteiger partial charge on any atom is -0.469 e. The van der Waals surface area contributed by atoms with Crippen molar-refractivity contribution in [3.8, 4) is 0 Å². The SMILES string of the molecule is C=C1C[C@]23C[C@@]1(O)CC[C@H]2[C@]12OC(=O)[C@](C)(C[C@@H](O)[C@H]1O)[C@H]2[C@@H]3C(=O)OC. The topological polar surface area (TPSA) is 113 Å². The number of carbonyl (C=O) groups excluding carboxylic acids is 2. The Morgan fingerprint density at radius 1 is 1.37 bits per heavy atom. The highest BCUT2D eigenvalue weighted by molar-refractivity contribution is 5.85. The number of aliphatic hydroxyl groups excluding tert-OH is 2. The summed E-state index contributed by atoms with van der Waals surface area (Å²) >= 11 is 0. The summed E-state index contributed by atoms with van der Waals surface area (Å²) in [6, 6.07) is 0. The Labute approximate surface area is 157 Å². The molecule has 5 rings (SSSR count). The van der Waals surface area contributed by atoms with Gasteiger partial charge in [-0.2, -0.15) is 0 Å². The third-order valence-corrected chi connectivity index (χ3v) is 8.68. The molecule has 0 aromatic rings. The van der Waals surface area contributed by atoms with Crippen LogP contribution in [0.1, 0.15) is 39.0 Å². The zero-order valence-corrected chi connectivity index (χ0v) is 15.6. The van der Waals surface area contributed by atoms with Crippen LogP contribution in [0, 0.1) is 28.6 Å². The predicted molar refractivity (Wildman–Crippen MR) is 91.0 cm³/mol. The van der Waals surface area contributed by atoms with Gasteiger partial charge in [-0.05, 0) is 50.0 Å². The van der Waals surface area contributed by atoms with E-state index in [1.807, 2.05) is 0 Å². The quantitative estimate of drug-likeness (QED) is 0.445. The first-order valence-electron chi connectivity index (χ1n) is 9.65. The van der Waals surface area contributed by atoms with E-state index < -0.39 is 58.0 Å². The smallest absolute Gasteiger partial charge is 0.313 e. The summed E-state index contributed by atoms with van der Waals surface area (Å²) in [5.74, 6) is -2.54. The van der Waals surface area contributed by atoms with E-state index in [9.17, 15) is 24.9 Å². The molecule has 0 aromatic carbocycles. The second kappa shape index (κ2) is 4.75. The Bertz CT molecular complexity index is 778. The Balaban J connectivity index is 1.78. The van der Waals surface area contributed by atoms with Gasteiger partial charge in [-0.25, -0.2) is 0 Å². The zero-order chi connectivity index (χ0) is 19.6. The molecule has 9 atom stereocenters. The van der Waals surface area contributed by atoms with Crippen molar-refractivity contribution in [1.82, 2.24) is 0 Å². The summed E-state index contributed by atoms with van der Waals surface area (Å²) in [5, 5.41) is 32.7. The zero-order valence-electron chi connectivity index (χ0n) is 15.6. The lowest BCUT2D eigenvalue weighted by molar-refractivity contribution is -0.194. The van der Waals surface area contributed by atoms with Gasteiger partial charge in [0.15, 0.2) is 0 Å². The van der Waals surface area contributed by atoms with Gasteiger partial charge in [-0.15, -0.1) is 0 Å². The average Bonchev–Trinajstić information content (AvgIpc) is 3.04. The number of carbonyl (C=O) groups is 2. The molecule has 4 aliphatic carbocycles. The molecule has 0 radical (unpaired) electrons. The van der Waals surface area contributed by atoms with Crippen LogP contribution < -0.4 is 0 Å². The van der Waals surface area contributed by atoms with Crippen molar-refractivity contribution in [3.63, 3.8) is 0 Å². The van der Waals surface area contributed by atoms with E-state index in [1.165, 1.54) is 7.11 Å². The van der Waals surface area contributed by atoms with Crippen molar-refractivity contribution in [2.75, 3.05) is 7.11 Å². The third kappa shape index (κ3) is 1.63. The maximum Gasteiger partial charge on any atom is 0.313 e. The van der Waals surface area contributed by atoms with Gasteiger partial charge >= 0.3 is 11.9 Å². The first-order chi connectivity index (χ1) is 12.6. The lowest BCUT2D eigenvalue weighted by Crippen LogP contribution is -2.61. The van der Waals surface area contributed by atoms with Gasteiger partial charge in [-0.1, -0.05) is 6.58 Å². The molecule has 5 fully saturated rings. The first kappa shape index (κ1) is 17.6. The fraction of sp³-hybridized carbons (Fsp3) is 0.800. The molecule has 0 aromatic heterocycles. The Morgan fingerprint density at radius 2 is 2.07 bits per heavy atom. The normalized spacial score (nSPS) is 57.9. The van der Waals surface area contributed by atoms with Crippen LogP contribution in [-0.4, -0.2) is 57.8 Å². The summed E-state index contributed by atoms with van der Waals surface area (Å²) in [5.41, 5.74) is -3.44. The molecule has 3 N–H and O–H groups in total. The van der Waals surface area contributed by atoms with Crippen LogP contribution in [0.5, 0.6) is 0 Å². The number of ether oxygens (including phenoxy) is 2. The van der Waals surface area contributed by atoms with Crippen molar-refractivity contribution >= 4 is 11.9 Å². The van der Waals surface area contributed by atoms with Crippen LogP contribution in [-0.2, 0) is 19.1 Å². The highest BCUT2D eigenvalue weighted by Crippen LogP contribution is 2.78. The van der Waals surface area contributed by atoms with Crippen molar-refractivity contribution in [2.24, 2.45) is 28.6 Å². The second-order valence-corrected chi connectivity index (χ2v) is 9.67. The third-order valence-electron chi connectivity index (χ3n) is 8.68. The number of esters is 2. The second-order valence-electron chi connectivity index (χ2n) is 9.67. The standard InChI is InChI=1S/C20H26O7/c1-9-6-18-8-19(9,25)5-4-11(18)20-13(12(18)15(23)26-3)17(2,16(24)27-20)7-10(21)14(20)22/h10-14,21-22,25H,1,4-8H2,2-3H3/t10-,11-,12-,13-,14-,17-,18+,19+,20-/m1/s1. The van der Waals surface area contributed by atoms with Crippen LogP contribution in [0.2, 0.25) is 0 Å². The summed E-state index contributed by atoms with van der Waals surface area (Å²) in [6.07, 6.45) is -0.610. The fourth-order valence-corrected chi connectivity index (χ4v) is 7.81. The van der Waals surface area contributed by atoms with Crippen molar-refractivity contribution in [3.05, 3.63) is 12.2 Å². The maximum atomic E-state index is 13.0. The molecule has 0 unspecified atom stereocenters. The minimum absolute atomic E-state index is 0.0426. The van der Waals surface area contributed by atoms with Crippen molar-refractivity contribution in [1.29, 1.82) is 0 Å². The van der Waals surface area contributed by atoms with Gasteiger partial charge in [0.1, 0.15) is 11.7 Å². The van der Waals surface area contributed by atoms with Gasteiger partial charge in [0.25, 0.3) is 0 Å². The summed E-state index contributed by atoms with van der Waals surface area (Å²) in [7, 11) is 1.32. The highest BCUT2D eigenvalue weighted by atomic mass is 16.6. The Morgan fingerprint density at radius 3 is 2.74 bits per heavy atom. The number of fused-ring (bicyclic) bond motifs is 1. The number of hydrogen-bond donors (Lipinski definition) is 3. The maximum absolute atomic E-state index is 13.0. The molecule has 1 heterocycles. The minimum atomic E-state index is -1.33. The molecule has 148 valence electrons. The first-order valence-corrected chi connectivity index (χ1v) is 9.65. The molecule has 1 spiro atoms. The van der Waals surface area contributed by atoms with Crippen molar-refractivity contribution in [2.45, 2.75) is 62.4 Å². The number of methoxy groups -OCH3 is 1. The van der Waals surface area contributed by atoms with Gasteiger partial charge in [0.2, 0.25) is 0 Å². The van der Waals surface area contributed by atoms with E-state index in [0.717, 1.165) is 0 Å². The molecule has 1 saturated heterocycles. The lowest BCUT2D eigenvalue weighted by Gasteiger charge is -2.48. The molecule has 0 amide bonds. The summed E-state index contributed by atoms with van der Waals surface area (Å²) < 4.78 is 11.1. The molecule has 4 saturated carbocycles. The van der Waals surface area contributed by atoms with Gasteiger partial charge in [0.05, 0.1) is 30.1 Å². The fourth-order valence-electron chi connectivity index (χ4n) is 7.81. The lowest BCUT2D eigenvalue weighted by atomic mass is 9.58. The monoisotopic (exact) mass is 378 g/mol. The average molecular weight is 378 g/mol. The molecule has 27 heavy (non-hydrogen) atoms. The van der Waals surface area contributed by atoms with E-state index in [0.29, 0.717) is 31.3 Å². The Kier molecular flexibility index (Phi) is 3.11. The van der Waals surface area contributed by atoms with E-state index in [1.54, 1.807) is 6.92 Å². The predicted octanol–water partition coefficient (Wildman–Crippen LogP) is 0.310. The molecular weight excluding hydrogens is 352 g/mol. The molecule has 5 aliphatic rings. The van der Waals surface area contributed by atoms with Crippen LogP contribution in [0.15, 0.2) is 12.2 Å². The molecule has 7 nitrogen and oxygen atoms in total. The van der Waals surface area contributed by atoms with Crippen LogP contribution >= 0.6 is 0 Å². The number of hydrogen-bond acceptors (Lipinski definition) is 7. The highest BCUT2D eigenvalue weighted by Gasteiger charge is 2.86. The van der Waals surface area contributed by atoms with Crippen LogP contribution in [0.4, 0.5) is 0 Å². The summed E-state index contributed by atoms with van der Waals surface area (Å²) in [6.45, 7) is 5.78. The summed E-state index contributed by atoms with van der Waals surface area (Å²) in [4.78, 5) is 25.9. The molecule has 1 aliphatic heterocycles. The van der Waals surface area contributed by atoms with Gasteiger partial charge in [0, 0.05) is 11.8 Å². The number of rotatable bonds is 1.